The molecule has 0 saturated heterocycles. The van der Waals surface area contributed by atoms with E-state index in [-0.39, 0.29) is 5.56 Å². The fraction of sp³-hybridized carbons (Fsp3) is 0.200. The molecule has 2 rings (SSSR count). The van der Waals surface area contributed by atoms with Crippen LogP contribution in [0.4, 0.5) is 4.39 Å². The molecule has 1 heterocycles. The molecule has 2 aromatic rings. The highest BCUT2D eigenvalue weighted by atomic mass is 19.1. The number of halogens is 1. The molecule has 1 aromatic carbocycles. The van der Waals surface area contributed by atoms with Crippen LogP contribution in [0.15, 0.2) is 47.8 Å². The van der Waals surface area contributed by atoms with Crippen LogP contribution in [-0.4, -0.2) is 16.7 Å². The first-order chi connectivity index (χ1) is 9.56. The minimum atomic E-state index is -0.448. The van der Waals surface area contributed by atoms with E-state index in [9.17, 15) is 9.18 Å². The summed E-state index contributed by atoms with van der Waals surface area (Å²) in [5, 5.41) is 3.86. The second-order valence-corrected chi connectivity index (χ2v) is 4.70. The minimum Gasteiger partial charge on any atom is -0.351 e. The molecular weight excluding hydrogens is 257 g/mol. The average Bonchev–Trinajstić information content (AvgIpc) is 2.87. The monoisotopic (exact) mass is 273 g/mol. The van der Waals surface area contributed by atoms with Crippen molar-refractivity contribution in [3.8, 4) is 0 Å². The summed E-state index contributed by atoms with van der Waals surface area (Å²) in [6.45, 7) is 4.15. The van der Waals surface area contributed by atoms with Gasteiger partial charge in [-0.05, 0) is 38.1 Å². The van der Waals surface area contributed by atoms with Gasteiger partial charge < -0.3 is 4.57 Å². The fourth-order valence-corrected chi connectivity index (χ4v) is 1.69. The molecule has 1 amide bonds. The third kappa shape index (κ3) is 3.54. The summed E-state index contributed by atoms with van der Waals surface area (Å²) in [4.78, 5) is 11.7. The molecule has 0 radical (unpaired) electrons. The first kappa shape index (κ1) is 14.0. The second-order valence-electron chi connectivity index (χ2n) is 4.70. The molecule has 0 unspecified atom stereocenters. The maximum absolute atomic E-state index is 13.0. The Morgan fingerprint density at radius 2 is 2.20 bits per heavy atom. The van der Waals surface area contributed by atoms with Gasteiger partial charge in [0.25, 0.3) is 5.91 Å². The maximum Gasteiger partial charge on any atom is 0.271 e. The number of hydrogen-bond acceptors (Lipinski definition) is 2. The summed E-state index contributed by atoms with van der Waals surface area (Å²) in [7, 11) is 0. The largest absolute Gasteiger partial charge is 0.351 e. The van der Waals surface area contributed by atoms with E-state index in [0.717, 1.165) is 5.56 Å². The highest BCUT2D eigenvalue weighted by Crippen LogP contribution is 2.07. The number of rotatable bonds is 4. The summed E-state index contributed by atoms with van der Waals surface area (Å²) in [5.41, 5.74) is 3.49. The van der Waals surface area contributed by atoms with E-state index in [1.165, 1.54) is 24.3 Å². The van der Waals surface area contributed by atoms with Gasteiger partial charge in [-0.25, -0.2) is 9.82 Å². The Balaban J connectivity index is 1.97. The van der Waals surface area contributed by atoms with Crippen molar-refractivity contribution >= 4 is 12.1 Å². The van der Waals surface area contributed by atoms with Crippen LogP contribution in [0, 0.1) is 5.82 Å². The van der Waals surface area contributed by atoms with Gasteiger partial charge in [-0.3, -0.25) is 4.79 Å². The molecule has 0 aliphatic carbocycles. The molecule has 0 atom stereocenters. The zero-order valence-corrected chi connectivity index (χ0v) is 11.4. The van der Waals surface area contributed by atoms with Gasteiger partial charge in [-0.1, -0.05) is 6.07 Å². The highest BCUT2D eigenvalue weighted by Gasteiger charge is 2.04. The molecule has 0 aliphatic rings. The van der Waals surface area contributed by atoms with Crippen LogP contribution < -0.4 is 5.43 Å². The van der Waals surface area contributed by atoms with Gasteiger partial charge in [0.2, 0.25) is 0 Å². The van der Waals surface area contributed by atoms with Crippen molar-refractivity contribution in [2.24, 2.45) is 5.10 Å². The van der Waals surface area contributed by atoms with E-state index < -0.39 is 11.7 Å². The van der Waals surface area contributed by atoms with Crippen LogP contribution in [0.2, 0.25) is 0 Å². The summed E-state index contributed by atoms with van der Waals surface area (Å²) in [6, 6.07) is 7.74. The van der Waals surface area contributed by atoms with Crippen molar-refractivity contribution in [2.45, 2.75) is 19.9 Å². The minimum absolute atomic E-state index is 0.238. The van der Waals surface area contributed by atoms with Crippen molar-refractivity contribution in [3.63, 3.8) is 0 Å². The molecule has 1 N–H and O–H groups in total. The Morgan fingerprint density at radius 3 is 2.85 bits per heavy atom. The van der Waals surface area contributed by atoms with Crippen LogP contribution in [0.1, 0.15) is 35.8 Å². The van der Waals surface area contributed by atoms with E-state index in [1.54, 1.807) is 6.21 Å². The number of nitrogens with one attached hydrogen (secondary N) is 1. The smallest absolute Gasteiger partial charge is 0.271 e. The van der Waals surface area contributed by atoms with E-state index in [1.807, 2.05) is 23.0 Å². The normalized spacial score (nSPS) is 11.2. The van der Waals surface area contributed by atoms with E-state index in [2.05, 4.69) is 24.4 Å². The molecule has 0 bridgehead atoms. The van der Waals surface area contributed by atoms with Gasteiger partial charge in [0, 0.05) is 29.6 Å². The molecule has 20 heavy (non-hydrogen) atoms. The Bertz CT molecular complexity index is 632. The number of amides is 1. The lowest BCUT2D eigenvalue weighted by Gasteiger charge is -2.04. The van der Waals surface area contributed by atoms with Crippen LogP contribution in [0.5, 0.6) is 0 Å². The molecule has 0 aliphatic heterocycles. The average molecular weight is 273 g/mol. The fourth-order valence-electron chi connectivity index (χ4n) is 1.69. The predicted octanol–water partition coefficient (Wildman–Crippen LogP) is 2.97. The third-order valence-electron chi connectivity index (χ3n) is 2.80. The zero-order valence-electron chi connectivity index (χ0n) is 11.4. The lowest BCUT2D eigenvalue weighted by Crippen LogP contribution is -2.17. The lowest BCUT2D eigenvalue weighted by atomic mass is 10.2. The number of hydrogen-bond donors (Lipinski definition) is 1. The lowest BCUT2D eigenvalue weighted by molar-refractivity contribution is 0.0954. The summed E-state index contributed by atoms with van der Waals surface area (Å²) >= 11 is 0. The number of carbonyl (C=O) groups is 1. The van der Waals surface area contributed by atoms with Crippen molar-refractivity contribution in [1.82, 2.24) is 9.99 Å². The SMILES string of the molecule is CC(C)n1ccc(/C=N\NC(=O)c2cccc(F)c2)c1. The van der Waals surface area contributed by atoms with Crippen LogP contribution in [0.25, 0.3) is 0 Å². The Morgan fingerprint density at radius 1 is 1.40 bits per heavy atom. The van der Waals surface area contributed by atoms with Crippen LogP contribution >= 0.6 is 0 Å². The van der Waals surface area contributed by atoms with Gasteiger partial charge in [0.15, 0.2) is 0 Å². The Hall–Kier alpha value is -2.43. The first-order valence-electron chi connectivity index (χ1n) is 6.32. The Labute approximate surface area is 116 Å². The third-order valence-corrected chi connectivity index (χ3v) is 2.80. The predicted molar refractivity (Wildman–Crippen MR) is 76.3 cm³/mol. The molecule has 1 aromatic heterocycles. The number of carbonyl (C=O) groups excluding carboxylic acids is 1. The topological polar surface area (TPSA) is 46.4 Å². The number of hydrazone groups is 1. The number of aromatic nitrogens is 1. The van der Waals surface area contributed by atoms with Gasteiger partial charge in [0.05, 0.1) is 6.21 Å². The molecule has 0 fully saturated rings. The van der Waals surface area contributed by atoms with Crippen LogP contribution in [0.3, 0.4) is 0 Å². The molecule has 0 saturated carbocycles. The zero-order chi connectivity index (χ0) is 14.5. The molecule has 5 heteroatoms. The highest BCUT2D eigenvalue weighted by molar-refractivity contribution is 5.94. The molecular formula is C15H16FN3O. The Kier molecular flexibility index (Phi) is 4.30. The standard InChI is InChI=1S/C15H16FN3O/c1-11(2)19-7-6-12(10-19)9-17-18-15(20)13-4-3-5-14(16)8-13/h3-11H,1-2H3,(H,18,20)/b17-9-. The van der Waals surface area contributed by atoms with Crippen molar-refractivity contribution in [1.29, 1.82) is 0 Å². The maximum atomic E-state index is 13.0. The molecule has 0 spiro atoms. The quantitative estimate of drug-likeness (QED) is 0.675. The molecule has 4 nitrogen and oxygen atoms in total. The molecule has 104 valence electrons. The van der Waals surface area contributed by atoms with Crippen molar-refractivity contribution in [3.05, 3.63) is 59.7 Å². The second kappa shape index (κ2) is 6.14. The first-order valence-corrected chi connectivity index (χ1v) is 6.32. The van der Waals surface area contributed by atoms with E-state index in [0.29, 0.717) is 6.04 Å². The van der Waals surface area contributed by atoms with Crippen LogP contribution in [-0.2, 0) is 0 Å². The van der Waals surface area contributed by atoms with Gasteiger partial charge in [-0.2, -0.15) is 5.10 Å². The summed E-state index contributed by atoms with van der Waals surface area (Å²) < 4.78 is 15.0. The van der Waals surface area contributed by atoms with Gasteiger partial charge in [0.1, 0.15) is 5.82 Å². The number of benzene rings is 1. The number of nitrogens with zero attached hydrogens (tertiary/aromatic N) is 2. The van der Waals surface area contributed by atoms with Gasteiger partial charge >= 0.3 is 0 Å². The van der Waals surface area contributed by atoms with E-state index in [4.69, 9.17) is 0 Å². The van der Waals surface area contributed by atoms with Gasteiger partial charge in [-0.15, -0.1) is 0 Å². The van der Waals surface area contributed by atoms with E-state index >= 15 is 0 Å². The van der Waals surface area contributed by atoms with Crippen molar-refractivity contribution < 1.29 is 9.18 Å². The van der Waals surface area contributed by atoms with Crippen molar-refractivity contribution in [2.75, 3.05) is 0 Å². The summed E-state index contributed by atoms with van der Waals surface area (Å²) in [6.07, 6.45) is 5.43. The summed E-state index contributed by atoms with van der Waals surface area (Å²) in [5.74, 6) is -0.889.